The molecular weight excluding hydrogens is 166 g/mol. The molecule has 13 heavy (non-hydrogen) atoms. The Bertz CT molecular complexity index is 330. The second kappa shape index (κ2) is 4.41. The van der Waals surface area contributed by atoms with E-state index in [0.717, 1.165) is 5.69 Å². The molecule has 0 aliphatic heterocycles. The van der Waals surface area contributed by atoms with Crippen LogP contribution in [0.5, 0.6) is 5.75 Å². The zero-order chi connectivity index (χ0) is 9.68. The zero-order valence-corrected chi connectivity index (χ0v) is 7.74. The molecule has 0 bridgehead atoms. The maximum Gasteiger partial charge on any atom is 0.220 e. The molecule has 0 aromatic carbocycles. The van der Waals surface area contributed by atoms with Crippen molar-refractivity contribution in [2.75, 3.05) is 13.7 Å². The Kier molecular flexibility index (Phi) is 3.21. The molecule has 0 N–H and O–H groups in total. The van der Waals surface area contributed by atoms with E-state index in [2.05, 4.69) is 14.8 Å². The van der Waals surface area contributed by atoms with Gasteiger partial charge in [-0.05, 0) is 6.92 Å². The van der Waals surface area contributed by atoms with Gasteiger partial charge in [0.15, 0.2) is 5.75 Å². The zero-order valence-electron chi connectivity index (χ0n) is 7.74. The van der Waals surface area contributed by atoms with E-state index < -0.39 is 0 Å². The van der Waals surface area contributed by atoms with Crippen LogP contribution in [-0.2, 0) is 6.42 Å². The number of nitrogens with zero attached hydrogens (tertiary/aromatic N) is 3. The summed E-state index contributed by atoms with van der Waals surface area (Å²) in [6.45, 7) is 8.93. The Hall–Kier alpha value is -1.63. The van der Waals surface area contributed by atoms with Crippen LogP contribution in [0.25, 0.3) is 4.85 Å². The average molecular weight is 177 g/mol. The van der Waals surface area contributed by atoms with E-state index >= 15 is 0 Å². The average Bonchev–Trinajstić information content (AvgIpc) is 2.15. The van der Waals surface area contributed by atoms with Crippen molar-refractivity contribution in [1.82, 2.24) is 9.97 Å². The lowest BCUT2D eigenvalue weighted by Gasteiger charge is -2.04. The lowest BCUT2D eigenvalue weighted by Crippen LogP contribution is -2.00. The minimum atomic E-state index is 0.437. The van der Waals surface area contributed by atoms with Crippen molar-refractivity contribution in [2.24, 2.45) is 0 Å². The topological polar surface area (TPSA) is 39.4 Å². The summed E-state index contributed by atoms with van der Waals surface area (Å²) in [5, 5.41) is 0. The number of hydrogen-bond donors (Lipinski definition) is 0. The highest BCUT2D eigenvalue weighted by Gasteiger charge is 2.06. The fraction of sp³-hybridized carbons (Fsp3) is 0.444. The van der Waals surface area contributed by atoms with Gasteiger partial charge in [-0.3, -0.25) is 0 Å². The second-order valence-corrected chi connectivity index (χ2v) is 2.56. The molecule has 4 heteroatoms. The van der Waals surface area contributed by atoms with Crippen LogP contribution in [0.3, 0.4) is 0 Å². The minimum absolute atomic E-state index is 0.437. The van der Waals surface area contributed by atoms with Crippen LogP contribution < -0.4 is 4.74 Å². The van der Waals surface area contributed by atoms with Gasteiger partial charge >= 0.3 is 0 Å². The summed E-state index contributed by atoms with van der Waals surface area (Å²) < 4.78 is 5.07. The first-order chi connectivity index (χ1) is 6.27. The third kappa shape index (κ3) is 2.41. The summed E-state index contributed by atoms with van der Waals surface area (Å²) in [6, 6.07) is 0. The van der Waals surface area contributed by atoms with E-state index in [-0.39, 0.29) is 0 Å². The maximum atomic E-state index is 6.67. The molecule has 0 atom stereocenters. The molecule has 1 heterocycles. The molecule has 1 rings (SSSR count). The minimum Gasteiger partial charge on any atom is -0.493 e. The molecule has 0 unspecified atom stereocenters. The van der Waals surface area contributed by atoms with Crippen molar-refractivity contribution in [1.29, 1.82) is 0 Å². The van der Waals surface area contributed by atoms with Gasteiger partial charge < -0.3 is 9.58 Å². The molecule has 0 radical (unpaired) electrons. The van der Waals surface area contributed by atoms with Crippen molar-refractivity contribution in [3.05, 3.63) is 29.1 Å². The maximum absolute atomic E-state index is 6.67. The molecule has 68 valence electrons. The SMILES string of the molecule is [C-]#[N+]CCc1nc(C)ncc1OC. The third-order valence-corrected chi connectivity index (χ3v) is 1.63. The van der Waals surface area contributed by atoms with Crippen molar-refractivity contribution in [3.63, 3.8) is 0 Å². The van der Waals surface area contributed by atoms with E-state index in [1.54, 1.807) is 13.3 Å². The molecule has 0 amide bonds. The first kappa shape index (κ1) is 9.46. The molecular formula is C9H11N3O. The molecule has 0 fully saturated rings. The Morgan fingerprint density at radius 2 is 2.38 bits per heavy atom. The highest BCUT2D eigenvalue weighted by Crippen LogP contribution is 2.14. The lowest BCUT2D eigenvalue weighted by molar-refractivity contribution is 0.404. The first-order valence-corrected chi connectivity index (χ1v) is 3.97. The standard InChI is InChI=1S/C9H11N3O/c1-7-11-6-9(13-3)8(12-7)4-5-10-2/h6H,4-5H2,1,3H3. The molecule has 4 nitrogen and oxygen atoms in total. The molecule has 0 aliphatic rings. The normalized spacial score (nSPS) is 9.31. The van der Waals surface area contributed by atoms with Gasteiger partial charge in [-0.2, -0.15) is 0 Å². The van der Waals surface area contributed by atoms with Gasteiger partial charge in [-0.25, -0.2) is 16.5 Å². The van der Waals surface area contributed by atoms with Crippen molar-refractivity contribution >= 4 is 0 Å². The van der Waals surface area contributed by atoms with Crippen LogP contribution in [0.4, 0.5) is 0 Å². The van der Waals surface area contributed by atoms with Crippen LogP contribution in [0.2, 0.25) is 0 Å². The van der Waals surface area contributed by atoms with Crippen molar-refractivity contribution in [3.8, 4) is 5.75 Å². The molecule has 0 saturated carbocycles. The lowest BCUT2D eigenvalue weighted by atomic mass is 10.3. The van der Waals surface area contributed by atoms with Crippen molar-refractivity contribution < 1.29 is 4.74 Å². The summed E-state index contributed by atoms with van der Waals surface area (Å²) in [6.07, 6.45) is 2.26. The van der Waals surface area contributed by atoms with Gasteiger partial charge in [0.25, 0.3) is 0 Å². The summed E-state index contributed by atoms with van der Waals surface area (Å²) in [7, 11) is 1.58. The predicted molar refractivity (Wildman–Crippen MR) is 48.5 cm³/mol. The van der Waals surface area contributed by atoms with Gasteiger partial charge in [-0.15, -0.1) is 0 Å². The predicted octanol–water partition coefficient (Wildman–Crippen LogP) is 1.26. The molecule has 0 aliphatic carbocycles. The number of rotatable bonds is 3. The van der Waals surface area contributed by atoms with E-state index in [0.29, 0.717) is 24.5 Å². The fourth-order valence-corrected chi connectivity index (χ4v) is 1.02. The number of methoxy groups -OCH3 is 1. The second-order valence-electron chi connectivity index (χ2n) is 2.56. The van der Waals surface area contributed by atoms with Gasteiger partial charge in [0.1, 0.15) is 5.82 Å². The Morgan fingerprint density at radius 3 is 3.00 bits per heavy atom. The van der Waals surface area contributed by atoms with E-state index in [9.17, 15) is 0 Å². The smallest absolute Gasteiger partial charge is 0.220 e. The van der Waals surface area contributed by atoms with Crippen LogP contribution >= 0.6 is 0 Å². The highest BCUT2D eigenvalue weighted by molar-refractivity contribution is 5.25. The van der Waals surface area contributed by atoms with Gasteiger partial charge in [-0.1, -0.05) is 0 Å². The Labute approximate surface area is 77.4 Å². The summed E-state index contributed by atoms with van der Waals surface area (Å²) >= 11 is 0. The quantitative estimate of drug-likeness (QED) is 0.652. The summed E-state index contributed by atoms with van der Waals surface area (Å²) in [5.74, 6) is 1.37. The number of hydrogen-bond acceptors (Lipinski definition) is 3. The van der Waals surface area contributed by atoms with Crippen molar-refractivity contribution in [2.45, 2.75) is 13.3 Å². The van der Waals surface area contributed by atoms with Gasteiger partial charge in [0, 0.05) is 0 Å². The van der Waals surface area contributed by atoms with E-state index in [4.69, 9.17) is 11.3 Å². The van der Waals surface area contributed by atoms with E-state index in [1.807, 2.05) is 6.92 Å². The number of aromatic nitrogens is 2. The highest BCUT2D eigenvalue weighted by atomic mass is 16.5. The van der Waals surface area contributed by atoms with Crippen LogP contribution in [0, 0.1) is 13.5 Å². The molecule has 0 spiro atoms. The van der Waals surface area contributed by atoms with Gasteiger partial charge in [0.05, 0.1) is 25.4 Å². The monoisotopic (exact) mass is 177 g/mol. The molecule has 1 aromatic rings. The summed E-state index contributed by atoms with van der Waals surface area (Å²) in [5.41, 5.74) is 0.811. The molecule has 0 saturated heterocycles. The third-order valence-electron chi connectivity index (χ3n) is 1.63. The Morgan fingerprint density at radius 1 is 1.62 bits per heavy atom. The first-order valence-electron chi connectivity index (χ1n) is 3.97. The van der Waals surface area contributed by atoms with Gasteiger partial charge in [0.2, 0.25) is 6.54 Å². The fourth-order valence-electron chi connectivity index (χ4n) is 1.02. The van der Waals surface area contributed by atoms with Crippen LogP contribution in [0.15, 0.2) is 6.20 Å². The Balaban J connectivity index is 2.89. The molecule has 1 aromatic heterocycles. The largest absolute Gasteiger partial charge is 0.493 e. The van der Waals surface area contributed by atoms with Crippen LogP contribution in [0.1, 0.15) is 11.5 Å². The summed E-state index contributed by atoms with van der Waals surface area (Å²) in [4.78, 5) is 11.5. The van der Waals surface area contributed by atoms with Crippen LogP contribution in [-0.4, -0.2) is 23.6 Å². The number of ether oxygens (including phenoxy) is 1. The van der Waals surface area contributed by atoms with E-state index in [1.165, 1.54) is 0 Å². The number of aryl methyl sites for hydroxylation is 1.